The first-order valence-corrected chi connectivity index (χ1v) is 11.1. The van der Waals surface area contributed by atoms with Crippen molar-refractivity contribution in [3.8, 4) is 0 Å². The Hall–Kier alpha value is -0.830. The third-order valence-electron chi connectivity index (χ3n) is 5.06. The minimum Gasteiger partial charge on any atom is -0.112 e. The highest BCUT2D eigenvalue weighted by atomic mass is 31.1. The first-order valence-electron chi connectivity index (χ1n) is 7.40. The van der Waals surface area contributed by atoms with E-state index in [9.17, 15) is 0 Å². The van der Waals surface area contributed by atoms with Crippen molar-refractivity contribution in [3.63, 3.8) is 0 Å². The summed E-state index contributed by atoms with van der Waals surface area (Å²) in [5, 5.41) is 5.95. The van der Waals surface area contributed by atoms with E-state index in [2.05, 4.69) is 61.9 Å². The first-order chi connectivity index (χ1) is 9.75. The molecule has 0 N–H and O–H groups in total. The highest BCUT2D eigenvalue weighted by Gasteiger charge is 2.48. The maximum Gasteiger partial charge on any atom is 0.00211 e. The van der Waals surface area contributed by atoms with Crippen LogP contribution in [0.15, 0.2) is 48.5 Å². The Bertz CT molecular complexity index is 704. The zero-order valence-electron chi connectivity index (χ0n) is 12.1. The molecule has 3 fully saturated rings. The highest BCUT2D eigenvalue weighted by molar-refractivity contribution is 7.61. The Labute approximate surface area is 123 Å². The molecule has 3 aromatic rings. The first kappa shape index (κ1) is 12.9. The summed E-state index contributed by atoms with van der Waals surface area (Å²) >= 11 is 0. The number of rotatable bonds is 0. The summed E-state index contributed by atoms with van der Waals surface area (Å²) in [7, 11) is 0.522. The zero-order valence-corrected chi connectivity index (χ0v) is 13.9. The van der Waals surface area contributed by atoms with Crippen molar-refractivity contribution in [1.82, 2.24) is 0 Å². The average Bonchev–Trinajstić information content (AvgIpc) is 2.72. The van der Waals surface area contributed by atoms with Gasteiger partial charge in [0.15, 0.2) is 0 Å². The molecule has 3 heterocycles. The molecule has 0 nitrogen and oxygen atoms in total. The lowest BCUT2D eigenvalue weighted by Crippen LogP contribution is -2.45. The van der Waals surface area contributed by atoms with Crippen LogP contribution >= 0.6 is 15.5 Å². The van der Waals surface area contributed by atoms with Gasteiger partial charge in [-0.15, -0.1) is 15.5 Å². The van der Waals surface area contributed by atoms with Crippen LogP contribution in [0.1, 0.15) is 12.8 Å². The summed E-state index contributed by atoms with van der Waals surface area (Å²) < 4.78 is 0. The van der Waals surface area contributed by atoms with Crippen LogP contribution in [0.25, 0.3) is 21.0 Å². The van der Waals surface area contributed by atoms with Gasteiger partial charge in [0.05, 0.1) is 0 Å². The molecule has 102 valence electrons. The van der Waals surface area contributed by atoms with Crippen molar-refractivity contribution in [1.29, 1.82) is 0 Å². The molecule has 0 unspecified atom stereocenters. The molecule has 6 rings (SSSR count). The molecule has 2 aliphatic heterocycles. The Morgan fingerprint density at radius 2 is 1.15 bits per heavy atom. The summed E-state index contributed by atoms with van der Waals surface area (Å²) in [4.78, 5) is 0. The predicted octanol–water partition coefficient (Wildman–Crippen LogP) is 6.16. The van der Waals surface area contributed by atoms with E-state index in [1.54, 1.807) is 12.8 Å². The van der Waals surface area contributed by atoms with Gasteiger partial charge in [-0.1, -0.05) is 48.5 Å². The van der Waals surface area contributed by atoms with E-state index < -0.39 is 0 Å². The fourth-order valence-electron chi connectivity index (χ4n) is 3.36. The molecule has 3 aliphatic rings. The van der Waals surface area contributed by atoms with Crippen molar-refractivity contribution < 1.29 is 0 Å². The van der Waals surface area contributed by atoms with Crippen molar-refractivity contribution in [3.05, 3.63) is 48.5 Å². The highest BCUT2D eigenvalue weighted by Crippen LogP contribution is 2.70. The molecule has 2 aromatic carbocycles. The van der Waals surface area contributed by atoms with Crippen LogP contribution in [0.2, 0.25) is 0 Å². The second-order valence-corrected chi connectivity index (χ2v) is 10.9. The third-order valence-corrected chi connectivity index (χ3v) is 10.4. The van der Waals surface area contributed by atoms with Gasteiger partial charge in [0, 0.05) is 10.2 Å². The number of benzene rings is 2. The second kappa shape index (κ2) is 4.87. The summed E-state index contributed by atoms with van der Waals surface area (Å²) in [6, 6.07) is 17.5. The van der Waals surface area contributed by atoms with E-state index in [0.717, 1.165) is 0 Å². The summed E-state index contributed by atoms with van der Waals surface area (Å²) in [6.07, 6.45) is 3.20. The lowest BCUT2D eigenvalue weighted by atomic mass is 9.96. The van der Waals surface area contributed by atoms with Crippen LogP contribution in [-0.2, 0) is 6.66 Å². The Morgan fingerprint density at radius 3 is 1.50 bits per heavy atom. The van der Waals surface area contributed by atoms with E-state index in [-0.39, 0.29) is 7.53 Å². The molecule has 1 aliphatic carbocycles. The van der Waals surface area contributed by atoms with Gasteiger partial charge < -0.3 is 0 Å². The van der Waals surface area contributed by atoms with Gasteiger partial charge >= 0.3 is 0 Å². The second-order valence-electron chi connectivity index (χ2n) is 6.04. The van der Waals surface area contributed by atoms with Gasteiger partial charge in [0.25, 0.3) is 0 Å². The van der Waals surface area contributed by atoms with Gasteiger partial charge in [-0.2, -0.15) is 0 Å². The molecule has 1 saturated carbocycles. The normalized spacial score (nSPS) is 26.6. The average molecular weight is 298 g/mol. The van der Waals surface area contributed by atoms with Crippen molar-refractivity contribution >= 4 is 36.5 Å². The fraction of sp³-hybridized carbons (Fsp3) is 0.333. The molecule has 2 saturated heterocycles. The van der Waals surface area contributed by atoms with E-state index in [4.69, 9.17) is 0 Å². The van der Waals surface area contributed by atoms with E-state index >= 15 is 0 Å². The number of hydrogen-bond donors (Lipinski definition) is 0. The van der Waals surface area contributed by atoms with Gasteiger partial charge in [-0.25, -0.2) is 0 Å². The Kier molecular flexibility index (Phi) is 3.13. The molecular formula is C18H20P2. The largest absolute Gasteiger partial charge is 0.112 e. The lowest BCUT2D eigenvalue weighted by Gasteiger charge is -2.57. The van der Waals surface area contributed by atoms with Crippen molar-refractivity contribution in [2.45, 2.75) is 24.2 Å². The molecule has 2 bridgehead atoms. The topological polar surface area (TPSA) is 0 Å². The van der Waals surface area contributed by atoms with Crippen LogP contribution in [0.3, 0.4) is 0 Å². The fourth-order valence-corrected chi connectivity index (χ4v) is 7.51. The summed E-state index contributed by atoms with van der Waals surface area (Å²) in [5.41, 5.74) is 2.48. The minimum atomic E-state index is -0.0967. The van der Waals surface area contributed by atoms with Gasteiger partial charge in [0.2, 0.25) is 0 Å². The van der Waals surface area contributed by atoms with E-state index in [1.165, 1.54) is 32.3 Å². The monoisotopic (exact) mass is 298 g/mol. The van der Waals surface area contributed by atoms with Crippen LogP contribution in [0, 0.1) is 0 Å². The van der Waals surface area contributed by atoms with Crippen LogP contribution in [0.4, 0.5) is 0 Å². The molecular weight excluding hydrogens is 278 g/mol. The van der Waals surface area contributed by atoms with Gasteiger partial charge in [-0.05, 0) is 48.3 Å². The molecule has 0 spiro atoms. The quantitative estimate of drug-likeness (QED) is 0.436. The van der Waals surface area contributed by atoms with Crippen LogP contribution in [-0.4, -0.2) is 18.0 Å². The van der Waals surface area contributed by atoms with Crippen LogP contribution in [0.5, 0.6) is 0 Å². The molecule has 1 aromatic heterocycles. The van der Waals surface area contributed by atoms with Crippen molar-refractivity contribution in [2.75, 3.05) is 6.66 Å². The molecule has 20 heavy (non-hydrogen) atoms. The predicted molar refractivity (Wildman–Crippen MR) is 94.8 cm³/mol. The van der Waals surface area contributed by atoms with E-state index in [1.807, 2.05) is 0 Å². The number of fused-ring (bicyclic) bond motifs is 3. The van der Waals surface area contributed by atoms with Crippen LogP contribution < -0.4 is 0 Å². The number of hydrogen-bond acceptors (Lipinski definition) is 0. The molecule has 0 radical (unpaired) electrons. The van der Waals surface area contributed by atoms with Gasteiger partial charge in [0.1, 0.15) is 0 Å². The molecule has 0 amide bonds. The smallest absolute Gasteiger partial charge is 0.00211 e. The molecule has 2 heteroatoms. The zero-order chi connectivity index (χ0) is 13.7. The third kappa shape index (κ3) is 1.86. The standard InChI is InChI=1S/C13H11P.C5H9P/c1-14-12-8-4-2-6-10(12)11-7-3-5-9-13(11)14;1-6-4-2-5(6)3-4/h2-9H,1H3;4-5H,2-3H2,1H3. The minimum absolute atomic E-state index is 0.0967. The Morgan fingerprint density at radius 1 is 0.750 bits per heavy atom. The van der Waals surface area contributed by atoms with E-state index in [0.29, 0.717) is 7.92 Å². The van der Waals surface area contributed by atoms with Gasteiger partial charge in [-0.3, -0.25) is 0 Å². The SMILES string of the molecule is CP1C2CC1C2.Cp1c2ccccc2c2ccccc21. The summed E-state index contributed by atoms with van der Waals surface area (Å²) in [5.74, 6) is 0. The maximum atomic E-state index is 2.44. The van der Waals surface area contributed by atoms with Crippen molar-refractivity contribution in [2.24, 2.45) is 6.66 Å². The number of aryl methyl sites for hydroxylation is 1. The Balaban J connectivity index is 0.000000146. The maximum absolute atomic E-state index is 2.44. The summed E-state index contributed by atoms with van der Waals surface area (Å²) in [6.45, 7) is 4.79. The lowest BCUT2D eigenvalue weighted by molar-refractivity contribution is 0.452. The molecule has 0 atom stereocenters.